The van der Waals surface area contributed by atoms with Crippen molar-refractivity contribution in [2.24, 2.45) is 0 Å². The van der Waals surface area contributed by atoms with Crippen LogP contribution >= 0.6 is 0 Å². The molecule has 0 spiro atoms. The summed E-state index contributed by atoms with van der Waals surface area (Å²) in [5, 5.41) is 4.20. The number of nitrogens with zero attached hydrogens (tertiary/aromatic N) is 2. The van der Waals surface area contributed by atoms with Gasteiger partial charge in [0.25, 0.3) is 0 Å². The van der Waals surface area contributed by atoms with Gasteiger partial charge in [-0.15, -0.1) is 5.53 Å². The predicted octanol–water partition coefficient (Wildman–Crippen LogP) is 4.27. The van der Waals surface area contributed by atoms with Crippen LogP contribution in [-0.4, -0.2) is 6.54 Å². The maximum Gasteiger partial charge on any atom is 0.0633 e. The highest BCUT2D eigenvalue weighted by Crippen LogP contribution is 2.25. The average molecular weight is 312 g/mol. The van der Waals surface area contributed by atoms with Crippen LogP contribution in [0.25, 0.3) is 5.57 Å². The van der Waals surface area contributed by atoms with Gasteiger partial charge in [-0.2, -0.15) is 0 Å². The second kappa shape index (κ2) is 6.60. The molecule has 0 aliphatic carbocycles. The Hall–Kier alpha value is -3.04. The molecule has 0 aromatic heterocycles. The Morgan fingerprint density at radius 3 is 2.12 bits per heavy atom. The van der Waals surface area contributed by atoms with Crippen LogP contribution in [0.2, 0.25) is 0 Å². The Bertz CT molecular complexity index is 813. The molecular weight excluding hydrogens is 294 g/mol. The summed E-state index contributed by atoms with van der Waals surface area (Å²) in [6.45, 7) is 0.795. The van der Waals surface area contributed by atoms with E-state index in [1.54, 1.807) is 0 Å². The van der Waals surface area contributed by atoms with Crippen LogP contribution in [0.4, 0.5) is 11.4 Å². The van der Waals surface area contributed by atoms with Crippen molar-refractivity contribution < 1.29 is 0 Å². The number of anilines is 2. The van der Waals surface area contributed by atoms with Crippen molar-refractivity contribution in [3.63, 3.8) is 0 Å². The van der Waals surface area contributed by atoms with Crippen LogP contribution in [0.15, 0.2) is 91.1 Å². The van der Waals surface area contributed by atoms with Crippen LogP contribution < -0.4 is 15.6 Å². The molecule has 4 rings (SSSR count). The van der Waals surface area contributed by atoms with E-state index in [0.29, 0.717) is 0 Å². The number of hydrogen-bond donors (Lipinski definition) is 1. The molecule has 3 aromatic carbocycles. The summed E-state index contributed by atoms with van der Waals surface area (Å²) in [7, 11) is 0. The molecule has 3 aromatic rings. The molecule has 1 N–H and O–H groups in total. The summed E-state index contributed by atoms with van der Waals surface area (Å²) in [6, 6.07) is 31.9. The largest absolute Gasteiger partial charge is 0.286 e. The Morgan fingerprint density at radius 2 is 1.42 bits per heavy atom. The lowest BCUT2D eigenvalue weighted by molar-refractivity contribution is 0.645. The highest BCUT2D eigenvalue weighted by Gasteiger charge is 2.19. The molecule has 117 valence electrons. The summed E-state index contributed by atoms with van der Waals surface area (Å²) in [6.07, 6.45) is 2.16. The van der Waals surface area contributed by atoms with E-state index in [2.05, 4.69) is 71.3 Å². The molecule has 1 heterocycles. The van der Waals surface area contributed by atoms with Gasteiger partial charge in [0.2, 0.25) is 0 Å². The topological polar surface area (TPSA) is 18.5 Å². The molecule has 0 fully saturated rings. The van der Waals surface area contributed by atoms with E-state index in [9.17, 15) is 0 Å². The average Bonchev–Trinajstić information content (AvgIpc) is 2.70. The van der Waals surface area contributed by atoms with Crippen LogP contribution in [0.3, 0.4) is 0 Å². The van der Waals surface area contributed by atoms with Crippen LogP contribution in [0, 0.1) is 6.07 Å². The van der Waals surface area contributed by atoms with Gasteiger partial charge in [-0.3, -0.25) is 10.0 Å². The molecular formula is C21H18N3. The second-order valence-electron chi connectivity index (χ2n) is 5.67. The summed E-state index contributed by atoms with van der Waals surface area (Å²) in [4.78, 5) is 0. The van der Waals surface area contributed by atoms with E-state index in [4.69, 9.17) is 0 Å². The van der Waals surface area contributed by atoms with Gasteiger partial charge in [0.05, 0.1) is 17.9 Å². The molecule has 0 amide bonds. The smallest absolute Gasteiger partial charge is 0.0633 e. The van der Waals surface area contributed by atoms with Gasteiger partial charge in [-0.05, 0) is 41.5 Å². The molecule has 1 radical (unpaired) electrons. The maximum atomic E-state index is 3.46. The zero-order valence-electron chi connectivity index (χ0n) is 13.3. The van der Waals surface area contributed by atoms with Crippen molar-refractivity contribution >= 4 is 16.9 Å². The van der Waals surface area contributed by atoms with Gasteiger partial charge in [0.1, 0.15) is 0 Å². The zero-order valence-corrected chi connectivity index (χ0v) is 13.3. The highest BCUT2D eigenvalue weighted by molar-refractivity contribution is 5.74. The molecule has 0 bridgehead atoms. The van der Waals surface area contributed by atoms with Crippen molar-refractivity contribution in [1.82, 2.24) is 5.53 Å². The van der Waals surface area contributed by atoms with Gasteiger partial charge >= 0.3 is 0 Å². The Balaban J connectivity index is 1.73. The molecule has 1 aliphatic rings. The molecule has 0 unspecified atom stereocenters. The lowest BCUT2D eigenvalue weighted by Gasteiger charge is -2.37. The molecule has 0 saturated carbocycles. The summed E-state index contributed by atoms with van der Waals surface area (Å²) < 4.78 is 0. The Kier molecular flexibility index (Phi) is 4.00. The molecule has 0 saturated heterocycles. The van der Waals surface area contributed by atoms with Crippen LogP contribution in [-0.2, 0) is 0 Å². The van der Waals surface area contributed by atoms with Crippen molar-refractivity contribution in [1.29, 1.82) is 0 Å². The molecule has 3 nitrogen and oxygen atoms in total. The first-order chi connectivity index (χ1) is 11.9. The van der Waals surface area contributed by atoms with E-state index >= 15 is 0 Å². The van der Waals surface area contributed by atoms with Crippen molar-refractivity contribution in [3.8, 4) is 0 Å². The third-order valence-corrected chi connectivity index (χ3v) is 4.03. The molecule has 1 aliphatic heterocycles. The Morgan fingerprint density at radius 1 is 0.750 bits per heavy atom. The summed E-state index contributed by atoms with van der Waals surface area (Å²) in [5.41, 5.74) is 8.15. The van der Waals surface area contributed by atoms with Crippen molar-refractivity contribution in [2.45, 2.75) is 0 Å². The lowest BCUT2D eigenvalue weighted by Crippen LogP contribution is -2.52. The molecule has 0 atom stereocenters. The van der Waals surface area contributed by atoms with Gasteiger partial charge in [-0.1, -0.05) is 60.7 Å². The van der Waals surface area contributed by atoms with Crippen LogP contribution in [0.1, 0.15) is 5.56 Å². The van der Waals surface area contributed by atoms with E-state index in [-0.39, 0.29) is 0 Å². The zero-order chi connectivity index (χ0) is 16.2. The number of hydrogen-bond acceptors (Lipinski definition) is 3. The fourth-order valence-corrected chi connectivity index (χ4v) is 2.81. The molecule has 3 heteroatoms. The summed E-state index contributed by atoms with van der Waals surface area (Å²) >= 11 is 0. The third-order valence-electron chi connectivity index (χ3n) is 4.03. The quantitative estimate of drug-likeness (QED) is 0.779. The first kappa shape index (κ1) is 14.5. The van der Waals surface area contributed by atoms with Crippen molar-refractivity contribution in [2.75, 3.05) is 16.6 Å². The lowest BCUT2D eigenvalue weighted by atomic mass is 10.1. The highest BCUT2D eigenvalue weighted by atomic mass is 15.8. The van der Waals surface area contributed by atoms with Gasteiger partial charge in [0, 0.05) is 6.20 Å². The first-order valence-corrected chi connectivity index (χ1v) is 8.00. The maximum absolute atomic E-state index is 3.46. The van der Waals surface area contributed by atoms with E-state index in [1.807, 2.05) is 41.4 Å². The number of rotatable bonds is 3. The minimum absolute atomic E-state index is 0.795. The second-order valence-corrected chi connectivity index (χ2v) is 5.67. The van der Waals surface area contributed by atoms with E-state index in [0.717, 1.165) is 17.9 Å². The standard InChI is InChI=1S/C21H18N3/c1-4-10-18(11-5-1)19-16-23(20-12-6-2-7-13-20)22-24(17-19)21-14-8-3-9-15-21/h1-2,4-15,17,22H,16H2. The van der Waals surface area contributed by atoms with E-state index in [1.165, 1.54) is 11.1 Å². The SMILES string of the molecule is [c]1ccc(N2C=C(c3ccccc3)CN(c3ccccc3)N2)cc1. The van der Waals surface area contributed by atoms with Crippen molar-refractivity contribution in [3.05, 3.63) is 103 Å². The fourth-order valence-electron chi connectivity index (χ4n) is 2.81. The molecule has 24 heavy (non-hydrogen) atoms. The third kappa shape index (κ3) is 3.03. The normalized spacial score (nSPS) is 14.4. The van der Waals surface area contributed by atoms with Gasteiger partial charge < -0.3 is 0 Å². The van der Waals surface area contributed by atoms with Gasteiger partial charge in [0.15, 0.2) is 0 Å². The number of nitrogens with one attached hydrogen (secondary N) is 1. The van der Waals surface area contributed by atoms with Crippen LogP contribution in [0.5, 0.6) is 0 Å². The summed E-state index contributed by atoms with van der Waals surface area (Å²) in [5.74, 6) is 0. The number of benzene rings is 3. The fraction of sp³-hybridized carbons (Fsp3) is 0.0476. The monoisotopic (exact) mass is 312 g/mol. The number of para-hydroxylation sites is 1. The van der Waals surface area contributed by atoms with E-state index < -0.39 is 0 Å². The minimum atomic E-state index is 0.795. The number of hydrazine groups is 2. The first-order valence-electron chi connectivity index (χ1n) is 8.00. The minimum Gasteiger partial charge on any atom is -0.286 e. The van der Waals surface area contributed by atoms with Gasteiger partial charge in [-0.25, -0.2) is 0 Å². The Labute approximate surface area is 142 Å². The predicted molar refractivity (Wildman–Crippen MR) is 99.1 cm³/mol.